The fourth-order valence-electron chi connectivity index (χ4n) is 5.09. The van der Waals surface area contributed by atoms with Gasteiger partial charge in [0.25, 0.3) is 11.8 Å². The molecule has 6 nitrogen and oxygen atoms in total. The second-order valence-corrected chi connectivity index (χ2v) is 10.3. The van der Waals surface area contributed by atoms with Crippen LogP contribution in [0, 0.1) is 0 Å². The molecule has 0 N–H and O–H groups in total. The summed E-state index contributed by atoms with van der Waals surface area (Å²) in [6.07, 6.45) is -0.545. The van der Waals surface area contributed by atoms with Gasteiger partial charge < -0.3 is 19.3 Å². The third-order valence-electron chi connectivity index (χ3n) is 7.36. The zero-order valence-electron chi connectivity index (χ0n) is 23.6. The Labute approximate surface area is 242 Å². The molecule has 0 aromatic heterocycles. The molecule has 0 aliphatic carbocycles. The average Bonchev–Trinajstić information content (AvgIpc) is 3.28. The van der Waals surface area contributed by atoms with Gasteiger partial charge >= 0.3 is 0 Å². The van der Waals surface area contributed by atoms with E-state index >= 15 is 0 Å². The molecule has 0 radical (unpaired) electrons. The van der Waals surface area contributed by atoms with E-state index in [0.29, 0.717) is 44.1 Å². The molecule has 1 fully saturated rings. The first-order chi connectivity index (χ1) is 20.0. The van der Waals surface area contributed by atoms with Gasteiger partial charge in [-0.1, -0.05) is 84.9 Å². The molecule has 4 aromatic rings. The Kier molecular flexibility index (Phi) is 8.99. The van der Waals surface area contributed by atoms with Crippen molar-refractivity contribution < 1.29 is 19.1 Å². The third-order valence-corrected chi connectivity index (χ3v) is 7.36. The molecule has 210 valence electrons. The van der Waals surface area contributed by atoms with Crippen LogP contribution in [-0.2, 0) is 9.59 Å². The van der Waals surface area contributed by atoms with E-state index in [1.165, 1.54) is 0 Å². The molecule has 0 bridgehead atoms. The van der Waals surface area contributed by atoms with Gasteiger partial charge in [-0.15, -0.1) is 0 Å². The standard InChI is InChI=1S/C35H36N2O4/c1-26(40-32-18-14-30(15-19-32)28-10-5-3-6-11-28)34(38)36-22-9-23-37(25-24-36)35(39)27(2)41-33-20-16-31(17-21-33)29-12-7-4-8-13-29/h3-8,10-21,26-27H,9,22-25H2,1-2H3. The van der Waals surface area contributed by atoms with Gasteiger partial charge in [-0.2, -0.15) is 0 Å². The lowest BCUT2D eigenvalue weighted by molar-refractivity contribution is -0.140. The summed E-state index contributed by atoms with van der Waals surface area (Å²) >= 11 is 0. The molecule has 1 aliphatic rings. The highest BCUT2D eigenvalue weighted by Gasteiger charge is 2.28. The number of carbonyl (C=O) groups is 2. The average molecular weight is 549 g/mol. The molecule has 1 aliphatic heterocycles. The fraction of sp³-hybridized carbons (Fsp3) is 0.257. The van der Waals surface area contributed by atoms with Crippen molar-refractivity contribution >= 4 is 11.8 Å². The maximum absolute atomic E-state index is 13.2. The van der Waals surface area contributed by atoms with Gasteiger partial charge in [-0.3, -0.25) is 9.59 Å². The van der Waals surface area contributed by atoms with Crippen LogP contribution in [0.4, 0.5) is 0 Å². The van der Waals surface area contributed by atoms with Crippen molar-refractivity contribution in [1.82, 2.24) is 9.80 Å². The van der Waals surface area contributed by atoms with E-state index in [9.17, 15) is 9.59 Å². The SMILES string of the molecule is CC(Oc1ccc(-c2ccccc2)cc1)C(=O)N1CCCN(C(=O)C(C)Oc2ccc(-c3ccccc3)cc2)CC1. The van der Waals surface area contributed by atoms with Crippen molar-refractivity contribution in [2.45, 2.75) is 32.5 Å². The van der Waals surface area contributed by atoms with Crippen molar-refractivity contribution in [3.05, 3.63) is 109 Å². The second-order valence-electron chi connectivity index (χ2n) is 10.3. The van der Waals surface area contributed by atoms with E-state index in [2.05, 4.69) is 24.3 Å². The number of benzene rings is 4. The molecule has 1 heterocycles. The highest BCUT2D eigenvalue weighted by Crippen LogP contribution is 2.24. The van der Waals surface area contributed by atoms with Crippen molar-refractivity contribution in [2.24, 2.45) is 0 Å². The van der Waals surface area contributed by atoms with Crippen molar-refractivity contribution in [3.8, 4) is 33.8 Å². The van der Waals surface area contributed by atoms with Crippen molar-refractivity contribution in [2.75, 3.05) is 26.2 Å². The minimum Gasteiger partial charge on any atom is -0.481 e. The molecular formula is C35H36N2O4. The number of amides is 2. The van der Waals surface area contributed by atoms with E-state index in [-0.39, 0.29) is 11.8 Å². The first-order valence-electron chi connectivity index (χ1n) is 14.2. The summed E-state index contributed by atoms with van der Waals surface area (Å²) in [5.74, 6) is 1.16. The Morgan fingerprint density at radius 2 is 0.854 bits per heavy atom. The number of rotatable bonds is 8. The minimum absolute atomic E-state index is 0.0748. The van der Waals surface area contributed by atoms with Crippen LogP contribution in [0.1, 0.15) is 20.3 Å². The molecule has 6 heteroatoms. The van der Waals surface area contributed by atoms with Crippen molar-refractivity contribution in [3.63, 3.8) is 0 Å². The topological polar surface area (TPSA) is 59.1 Å². The van der Waals surface area contributed by atoms with E-state index < -0.39 is 12.2 Å². The first-order valence-corrected chi connectivity index (χ1v) is 14.2. The van der Waals surface area contributed by atoms with Crippen LogP contribution in [0.2, 0.25) is 0 Å². The quantitative estimate of drug-likeness (QED) is 0.259. The highest BCUT2D eigenvalue weighted by atomic mass is 16.5. The van der Waals surface area contributed by atoms with Crippen molar-refractivity contribution in [1.29, 1.82) is 0 Å². The van der Waals surface area contributed by atoms with Gasteiger partial charge in [0, 0.05) is 26.2 Å². The summed E-state index contributed by atoms with van der Waals surface area (Å²) in [6.45, 7) is 5.65. The maximum Gasteiger partial charge on any atom is 0.263 e. The zero-order valence-corrected chi connectivity index (χ0v) is 23.6. The van der Waals surface area contributed by atoms with Crippen LogP contribution >= 0.6 is 0 Å². The molecule has 1 saturated heterocycles. The Balaban J connectivity index is 1.11. The monoisotopic (exact) mass is 548 g/mol. The van der Waals surface area contributed by atoms with Gasteiger partial charge in [0.2, 0.25) is 0 Å². The Morgan fingerprint density at radius 1 is 0.512 bits per heavy atom. The van der Waals surface area contributed by atoms with Gasteiger partial charge in [-0.25, -0.2) is 0 Å². The van der Waals surface area contributed by atoms with Gasteiger partial charge in [-0.05, 0) is 66.8 Å². The molecule has 5 rings (SSSR count). The molecule has 2 amide bonds. The summed E-state index contributed by atoms with van der Waals surface area (Å²) in [5, 5.41) is 0. The largest absolute Gasteiger partial charge is 0.481 e. The summed E-state index contributed by atoms with van der Waals surface area (Å²) in [6, 6.07) is 35.8. The molecule has 4 aromatic carbocycles. The Hall–Kier alpha value is -4.58. The van der Waals surface area contributed by atoms with Crippen LogP contribution in [0.25, 0.3) is 22.3 Å². The normalized spacial score (nSPS) is 15.0. The summed E-state index contributed by atoms with van der Waals surface area (Å²) in [5.41, 5.74) is 4.45. The smallest absolute Gasteiger partial charge is 0.263 e. The summed E-state index contributed by atoms with van der Waals surface area (Å²) in [4.78, 5) is 30.0. The number of hydrogen-bond donors (Lipinski definition) is 0. The van der Waals surface area contributed by atoms with Gasteiger partial charge in [0.15, 0.2) is 12.2 Å². The lowest BCUT2D eigenvalue weighted by Gasteiger charge is -2.26. The van der Waals surface area contributed by atoms with Crippen LogP contribution in [0.15, 0.2) is 109 Å². The lowest BCUT2D eigenvalue weighted by atomic mass is 10.1. The Morgan fingerprint density at radius 3 is 1.22 bits per heavy atom. The predicted molar refractivity (Wildman–Crippen MR) is 162 cm³/mol. The predicted octanol–water partition coefficient (Wildman–Crippen LogP) is 6.32. The molecule has 0 saturated carbocycles. The minimum atomic E-state index is -0.624. The molecule has 2 atom stereocenters. The van der Waals surface area contributed by atoms with Gasteiger partial charge in [0.1, 0.15) is 11.5 Å². The summed E-state index contributed by atoms with van der Waals surface area (Å²) < 4.78 is 12.0. The Bertz CT molecular complexity index is 1310. The maximum atomic E-state index is 13.2. The highest BCUT2D eigenvalue weighted by molar-refractivity contribution is 5.82. The van der Waals surface area contributed by atoms with Gasteiger partial charge in [0.05, 0.1) is 0 Å². The zero-order chi connectivity index (χ0) is 28.6. The summed E-state index contributed by atoms with van der Waals surface area (Å²) in [7, 11) is 0. The number of hydrogen-bond acceptors (Lipinski definition) is 4. The van der Waals surface area contributed by atoms with Crippen LogP contribution in [0.3, 0.4) is 0 Å². The molecular weight excluding hydrogens is 512 g/mol. The van der Waals surface area contributed by atoms with Crippen LogP contribution < -0.4 is 9.47 Å². The van der Waals surface area contributed by atoms with E-state index in [1.807, 2.05) is 84.9 Å². The second kappa shape index (κ2) is 13.2. The van der Waals surface area contributed by atoms with E-state index in [4.69, 9.17) is 9.47 Å². The lowest BCUT2D eigenvalue weighted by Crippen LogP contribution is -2.45. The fourth-order valence-corrected chi connectivity index (χ4v) is 5.09. The van der Waals surface area contributed by atoms with Crippen LogP contribution in [0.5, 0.6) is 11.5 Å². The number of ether oxygens (including phenoxy) is 2. The first kappa shape index (κ1) is 28.0. The van der Waals surface area contributed by atoms with Crippen LogP contribution in [-0.4, -0.2) is 60.0 Å². The molecule has 2 unspecified atom stereocenters. The third kappa shape index (κ3) is 7.14. The van der Waals surface area contributed by atoms with E-state index in [1.54, 1.807) is 23.6 Å². The number of carbonyl (C=O) groups excluding carboxylic acids is 2. The number of nitrogens with zero attached hydrogens (tertiary/aromatic N) is 2. The molecule has 41 heavy (non-hydrogen) atoms. The van der Waals surface area contributed by atoms with E-state index in [0.717, 1.165) is 22.3 Å². The molecule has 0 spiro atoms.